The van der Waals surface area contributed by atoms with E-state index in [0.717, 1.165) is 26.0 Å². The molecule has 0 fully saturated rings. The van der Waals surface area contributed by atoms with E-state index < -0.39 is 9.05 Å². The van der Waals surface area contributed by atoms with Gasteiger partial charge in [-0.1, -0.05) is 46.3 Å². The first-order valence-electron chi connectivity index (χ1n) is 5.52. The van der Waals surface area contributed by atoms with Crippen molar-refractivity contribution in [3.05, 3.63) is 53.0 Å². The molecule has 0 radical (unpaired) electrons. The highest BCUT2D eigenvalue weighted by molar-refractivity contribution is 9.10. The Morgan fingerprint density at radius 1 is 0.895 bits per heavy atom. The Kier molecular flexibility index (Phi) is 3.04. The van der Waals surface area contributed by atoms with Crippen molar-refractivity contribution in [2.75, 3.05) is 0 Å². The second kappa shape index (κ2) is 4.47. The van der Waals surface area contributed by atoms with Gasteiger partial charge in [-0.15, -0.1) is 0 Å². The van der Waals surface area contributed by atoms with Crippen LogP contribution in [0.3, 0.4) is 0 Å². The first-order valence-corrected chi connectivity index (χ1v) is 8.63. The Morgan fingerprint density at radius 3 is 2.26 bits per heavy atom. The standard InChI is InChI=1S/C14H8BrClO2S/c15-14-8-9-7-10(19(16,17)18)5-6-11(9)12-3-1-2-4-13(12)14/h1-8H. The van der Waals surface area contributed by atoms with Gasteiger partial charge in [0.25, 0.3) is 9.05 Å². The third kappa shape index (κ3) is 2.24. The maximum Gasteiger partial charge on any atom is 0.261 e. The van der Waals surface area contributed by atoms with Crippen LogP contribution in [-0.2, 0) is 9.05 Å². The maximum absolute atomic E-state index is 11.4. The summed E-state index contributed by atoms with van der Waals surface area (Å²) in [5, 5.41) is 4.01. The zero-order valence-electron chi connectivity index (χ0n) is 9.60. The molecule has 0 N–H and O–H groups in total. The molecule has 0 unspecified atom stereocenters. The van der Waals surface area contributed by atoms with Gasteiger partial charge >= 0.3 is 0 Å². The monoisotopic (exact) mass is 354 g/mol. The highest BCUT2D eigenvalue weighted by Gasteiger charge is 2.12. The molecule has 0 heterocycles. The Bertz CT molecular complexity index is 904. The Hall–Kier alpha value is -1.10. The van der Waals surface area contributed by atoms with E-state index in [9.17, 15) is 8.42 Å². The lowest BCUT2D eigenvalue weighted by Crippen LogP contribution is -1.90. The fourth-order valence-electron chi connectivity index (χ4n) is 2.20. The predicted octanol–water partition coefficient (Wildman–Crippen LogP) is 4.68. The molecule has 2 nitrogen and oxygen atoms in total. The number of rotatable bonds is 1. The summed E-state index contributed by atoms with van der Waals surface area (Å²) in [5.41, 5.74) is 0. The van der Waals surface area contributed by atoms with Gasteiger partial charge in [-0.05, 0) is 39.7 Å². The van der Waals surface area contributed by atoms with Crippen LogP contribution in [-0.4, -0.2) is 8.42 Å². The summed E-state index contributed by atoms with van der Waals surface area (Å²) in [5.74, 6) is 0. The van der Waals surface area contributed by atoms with Gasteiger partial charge in [-0.2, -0.15) is 0 Å². The van der Waals surface area contributed by atoms with Crippen LogP contribution in [0.1, 0.15) is 0 Å². The fraction of sp³-hybridized carbons (Fsp3) is 0. The molecule has 5 heteroatoms. The van der Waals surface area contributed by atoms with Crippen molar-refractivity contribution in [2.45, 2.75) is 4.90 Å². The number of benzene rings is 3. The van der Waals surface area contributed by atoms with Gasteiger partial charge < -0.3 is 0 Å². The summed E-state index contributed by atoms with van der Waals surface area (Å²) in [6.07, 6.45) is 0. The Labute approximate surface area is 123 Å². The molecule has 0 aromatic heterocycles. The smallest absolute Gasteiger partial charge is 0.207 e. The van der Waals surface area contributed by atoms with E-state index in [-0.39, 0.29) is 4.90 Å². The number of hydrogen-bond acceptors (Lipinski definition) is 2. The van der Waals surface area contributed by atoms with E-state index in [2.05, 4.69) is 15.9 Å². The van der Waals surface area contributed by atoms with Crippen molar-refractivity contribution >= 4 is 57.2 Å². The minimum atomic E-state index is -3.70. The molecule has 3 rings (SSSR count). The van der Waals surface area contributed by atoms with Crippen molar-refractivity contribution in [3.63, 3.8) is 0 Å². The van der Waals surface area contributed by atoms with Crippen LogP contribution >= 0.6 is 26.6 Å². The third-order valence-corrected chi connectivity index (χ3v) is 5.07. The Morgan fingerprint density at radius 2 is 1.58 bits per heavy atom. The number of hydrogen-bond donors (Lipinski definition) is 0. The summed E-state index contributed by atoms with van der Waals surface area (Å²) >= 11 is 3.51. The second-order valence-corrected chi connectivity index (χ2v) is 7.65. The average Bonchev–Trinajstić information content (AvgIpc) is 2.37. The lowest BCUT2D eigenvalue weighted by Gasteiger charge is -2.07. The quantitative estimate of drug-likeness (QED) is 0.469. The maximum atomic E-state index is 11.4. The van der Waals surface area contributed by atoms with Crippen LogP contribution in [0.25, 0.3) is 21.5 Å². The van der Waals surface area contributed by atoms with Crippen LogP contribution in [0.2, 0.25) is 0 Å². The van der Waals surface area contributed by atoms with Gasteiger partial charge in [0.15, 0.2) is 0 Å². The molecule has 19 heavy (non-hydrogen) atoms. The van der Waals surface area contributed by atoms with Crippen LogP contribution in [0.15, 0.2) is 57.9 Å². The molecular weight excluding hydrogens is 348 g/mol. The van der Waals surface area contributed by atoms with Crippen molar-refractivity contribution in [2.24, 2.45) is 0 Å². The lowest BCUT2D eigenvalue weighted by molar-refractivity contribution is 0.609. The molecule has 0 amide bonds. The fourth-order valence-corrected chi connectivity index (χ4v) is 3.58. The van der Waals surface area contributed by atoms with Gasteiger partial charge in [0.05, 0.1) is 4.90 Å². The summed E-state index contributed by atoms with van der Waals surface area (Å²) in [7, 11) is 1.67. The lowest BCUT2D eigenvalue weighted by atomic mass is 10.0. The number of halogens is 2. The molecule has 3 aromatic carbocycles. The largest absolute Gasteiger partial charge is 0.261 e. The van der Waals surface area contributed by atoms with Crippen LogP contribution in [0, 0.1) is 0 Å². The van der Waals surface area contributed by atoms with Crippen LogP contribution in [0.4, 0.5) is 0 Å². The van der Waals surface area contributed by atoms with Crippen molar-refractivity contribution in [3.8, 4) is 0 Å². The highest BCUT2D eigenvalue weighted by Crippen LogP contribution is 2.33. The molecule has 0 aliphatic heterocycles. The van der Waals surface area contributed by atoms with Crippen molar-refractivity contribution in [1.29, 1.82) is 0 Å². The predicted molar refractivity (Wildman–Crippen MR) is 82.2 cm³/mol. The molecule has 0 saturated carbocycles. The molecule has 0 saturated heterocycles. The molecule has 0 aliphatic rings. The molecule has 96 valence electrons. The minimum Gasteiger partial charge on any atom is -0.207 e. The molecule has 0 bridgehead atoms. The van der Waals surface area contributed by atoms with E-state index in [1.807, 2.05) is 30.3 Å². The average molecular weight is 356 g/mol. The van der Waals surface area contributed by atoms with Crippen LogP contribution in [0.5, 0.6) is 0 Å². The molecule has 0 atom stereocenters. The van der Waals surface area contributed by atoms with Gasteiger partial charge in [0.2, 0.25) is 0 Å². The van der Waals surface area contributed by atoms with E-state index >= 15 is 0 Å². The first-order chi connectivity index (χ1) is 8.97. The van der Waals surface area contributed by atoms with Gasteiger partial charge in [0.1, 0.15) is 0 Å². The van der Waals surface area contributed by atoms with Crippen molar-refractivity contribution < 1.29 is 8.42 Å². The number of fused-ring (bicyclic) bond motifs is 3. The summed E-state index contributed by atoms with van der Waals surface area (Å²) in [6, 6.07) is 14.8. The van der Waals surface area contributed by atoms with Gasteiger partial charge in [-0.25, -0.2) is 8.42 Å². The summed E-state index contributed by atoms with van der Waals surface area (Å²) in [6.45, 7) is 0. The highest BCUT2D eigenvalue weighted by atomic mass is 79.9. The zero-order valence-corrected chi connectivity index (χ0v) is 12.8. The molecule has 3 aromatic rings. The summed E-state index contributed by atoms with van der Waals surface area (Å²) < 4.78 is 23.7. The van der Waals surface area contributed by atoms with Gasteiger partial charge in [-0.3, -0.25) is 0 Å². The second-order valence-electron chi connectivity index (χ2n) is 4.22. The third-order valence-electron chi connectivity index (χ3n) is 3.06. The van der Waals surface area contributed by atoms with E-state index in [1.165, 1.54) is 6.07 Å². The normalized spacial score (nSPS) is 12.1. The SMILES string of the molecule is O=S(=O)(Cl)c1ccc2c(c1)cc(Br)c1ccccc12. The topological polar surface area (TPSA) is 34.1 Å². The summed E-state index contributed by atoms with van der Waals surface area (Å²) in [4.78, 5) is 0.115. The van der Waals surface area contributed by atoms with E-state index in [0.29, 0.717) is 0 Å². The molecule has 0 spiro atoms. The van der Waals surface area contributed by atoms with Crippen LogP contribution < -0.4 is 0 Å². The van der Waals surface area contributed by atoms with Gasteiger partial charge in [0, 0.05) is 15.2 Å². The minimum absolute atomic E-state index is 0.115. The molecular formula is C14H8BrClO2S. The first kappa shape index (κ1) is 12.9. The van der Waals surface area contributed by atoms with E-state index in [4.69, 9.17) is 10.7 Å². The van der Waals surface area contributed by atoms with E-state index in [1.54, 1.807) is 12.1 Å². The Balaban J connectivity index is 2.47. The zero-order chi connectivity index (χ0) is 13.6. The van der Waals surface area contributed by atoms with Crippen molar-refractivity contribution in [1.82, 2.24) is 0 Å². The molecule has 0 aliphatic carbocycles.